The maximum atomic E-state index is 10.6. The van der Waals surface area contributed by atoms with Gasteiger partial charge in [0.05, 0.1) is 16.7 Å². The number of carboxylic acids is 3. The van der Waals surface area contributed by atoms with Gasteiger partial charge in [-0.2, -0.15) is 0 Å². The highest BCUT2D eigenvalue weighted by atomic mass is 16.4. The van der Waals surface area contributed by atoms with Crippen LogP contribution < -0.4 is 17.2 Å². The predicted octanol–water partition coefficient (Wildman–Crippen LogP) is -0.494. The Morgan fingerprint density at radius 2 is 1.10 bits per heavy atom. The molecule has 0 bridgehead atoms. The van der Waals surface area contributed by atoms with Gasteiger partial charge < -0.3 is 32.5 Å². The van der Waals surface area contributed by atoms with Gasteiger partial charge in [-0.15, -0.1) is 0 Å². The molecule has 0 aliphatic heterocycles. The number of carboxylic acid groups (broad SMARTS) is 3. The number of benzene rings is 1. The molecule has 1 aromatic carbocycles. The van der Waals surface area contributed by atoms with Gasteiger partial charge in [0.1, 0.15) is 0 Å². The smallest absolute Gasteiger partial charge is 0.336 e. The van der Waals surface area contributed by atoms with E-state index >= 15 is 0 Å². The zero-order valence-corrected chi connectivity index (χ0v) is 12.0. The third-order valence-electron chi connectivity index (χ3n) is 1.73. The van der Waals surface area contributed by atoms with E-state index in [-0.39, 0.29) is 5.56 Å². The fourth-order valence-electron chi connectivity index (χ4n) is 1.04. The van der Waals surface area contributed by atoms with Crippen molar-refractivity contribution in [3.05, 3.63) is 34.9 Å². The first kappa shape index (κ1) is 23.6. The number of hydrogen-bond donors (Lipinski definition) is 6. The minimum absolute atomic E-state index is 0.266. The van der Waals surface area contributed by atoms with E-state index < -0.39 is 29.0 Å². The Kier molecular flexibility index (Phi) is 15.6. The van der Waals surface area contributed by atoms with Gasteiger partial charge in [-0.25, -0.2) is 14.4 Å². The van der Waals surface area contributed by atoms with Gasteiger partial charge in [0, 0.05) is 0 Å². The van der Waals surface area contributed by atoms with Gasteiger partial charge in [0.25, 0.3) is 0 Å². The lowest BCUT2D eigenvalue weighted by Crippen LogP contribution is -2.10. The molecule has 9 heteroatoms. The van der Waals surface area contributed by atoms with Crippen molar-refractivity contribution in [2.24, 2.45) is 17.2 Å². The third-order valence-corrected chi connectivity index (χ3v) is 1.73. The van der Waals surface area contributed by atoms with Crippen molar-refractivity contribution in [3.8, 4) is 0 Å². The second kappa shape index (κ2) is 13.9. The molecular formula is C12H21N3O6. The first-order valence-electron chi connectivity index (χ1n) is 5.50. The van der Waals surface area contributed by atoms with Crippen molar-refractivity contribution >= 4 is 17.9 Å². The van der Waals surface area contributed by atoms with E-state index in [0.29, 0.717) is 0 Å². The molecule has 0 atom stereocenters. The molecule has 0 unspecified atom stereocenters. The number of nitrogens with two attached hydrogens (primary N) is 3. The van der Waals surface area contributed by atoms with E-state index in [0.717, 1.165) is 18.2 Å². The van der Waals surface area contributed by atoms with Gasteiger partial charge in [-0.1, -0.05) is 0 Å². The summed E-state index contributed by atoms with van der Waals surface area (Å²) in [7, 11) is 4.50. The Labute approximate surface area is 122 Å². The summed E-state index contributed by atoms with van der Waals surface area (Å²) in [5.41, 5.74) is 12.3. The molecule has 0 amide bonds. The first-order valence-corrected chi connectivity index (χ1v) is 5.50. The molecule has 0 aliphatic rings. The molecule has 120 valence electrons. The molecule has 0 radical (unpaired) electrons. The third kappa shape index (κ3) is 8.31. The van der Waals surface area contributed by atoms with E-state index in [4.69, 9.17) is 15.3 Å². The second-order valence-corrected chi connectivity index (χ2v) is 2.68. The highest BCUT2D eigenvalue weighted by Gasteiger charge is 2.17. The van der Waals surface area contributed by atoms with Gasteiger partial charge in [0.2, 0.25) is 0 Å². The summed E-state index contributed by atoms with van der Waals surface area (Å²) in [5, 5.41) is 25.9. The van der Waals surface area contributed by atoms with Crippen LogP contribution in [0.5, 0.6) is 0 Å². The largest absolute Gasteiger partial charge is 0.478 e. The van der Waals surface area contributed by atoms with Crippen LogP contribution in [0.3, 0.4) is 0 Å². The fourth-order valence-corrected chi connectivity index (χ4v) is 1.04. The molecule has 0 spiro atoms. The Morgan fingerprint density at radius 1 is 0.714 bits per heavy atom. The van der Waals surface area contributed by atoms with Crippen LogP contribution in [0, 0.1) is 0 Å². The van der Waals surface area contributed by atoms with Crippen molar-refractivity contribution in [2.75, 3.05) is 21.1 Å². The average molecular weight is 303 g/mol. The van der Waals surface area contributed by atoms with Gasteiger partial charge in [-0.05, 0) is 39.3 Å². The van der Waals surface area contributed by atoms with Crippen molar-refractivity contribution in [2.45, 2.75) is 0 Å². The van der Waals surface area contributed by atoms with Gasteiger partial charge >= 0.3 is 17.9 Å². The maximum absolute atomic E-state index is 10.6. The quantitative estimate of drug-likeness (QED) is 0.427. The summed E-state index contributed by atoms with van der Waals surface area (Å²) in [6, 6.07) is 2.81. The minimum Gasteiger partial charge on any atom is -0.478 e. The summed E-state index contributed by atoms with van der Waals surface area (Å²) < 4.78 is 0. The summed E-state index contributed by atoms with van der Waals surface area (Å²) in [5.74, 6) is -4.20. The maximum Gasteiger partial charge on any atom is 0.336 e. The lowest BCUT2D eigenvalue weighted by atomic mass is 10.0. The van der Waals surface area contributed by atoms with Gasteiger partial charge in [-0.3, -0.25) is 0 Å². The molecular weight excluding hydrogens is 282 g/mol. The van der Waals surface area contributed by atoms with Crippen LogP contribution >= 0.6 is 0 Å². The van der Waals surface area contributed by atoms with Crippen molar-refractivity contribution in [1.29, 1.82) is 0 Å². The summed E-state index contributed by atoms with van der Waals surface area (Å²) >= 11 is 0. The van der Waals surface area contributed by atoms with E-state index in [2.05, 4.69) is 17.2 Å². The van der Waals surface area contributed by atoms with E-state index in [1.54, 1.807) is 0 Å². The SMILES string of the molecule is CN.CN.CN.O=C(O)c1ccc(C(=O)O)c(C(=O)O)c1. The molecule has 0 saturated heterocycles. The topological polar surface area (TPSA) is 190 Å². The average Bonchev–Trinajstić information content (AvgIpc) is 2.52. The molecule has 0 aliphatic carbocycles. The van der Waals surface area contributed by atoms with Crippen LogP contribution in [0.2, 0.25) is 0 Å². The van der Waals surface area contributed by atoms with Crippen LogP contribution in [0.4, 0.5) is 0 Å². The lowest BCUT2D eigenvalue weighted by molar-refractivity contribution is 0.0649. The first-order chi connectivity index (χ1) is 9.93. The van der Waals surface area contributed by atoms with Crippen molar-refractivity contribution in [3.63, 3.8) is 0 Å². The molecule has 1 aromatic rings. The molecule has 0 fully saturated rings. The fraction of sp³-hybridized carbons (Fsp3) is 0.250. The van der Waals surface area contributed by atoms with Gasteiger partial charge in [0.15, 0.2) is 0 Å². The molecule has 0 heterocycles. The highest BCUT2D eigenvalue weighted by Crippen LogP contribution is 2.12. The van der Waals surface area contributed by atoms with Crippen molar-refractivity contribution < 1.29 is 29.7 Å². The number of hydrogen-bond acceptors (Lipinski definition) is 6. The zero-order valence-electron chi connectivity index (χ0n) is 12.0. The Morgan fingerprint density at radius 3 is 1.38 bits per heavy atom. The molecule has 0 saturated carbocycles. The second-order valence-electron chi connectivity index (χ2n) is 2.68. The lowest BCUT2D eigenvalue weighted by Gasteiger charge is -2.02. The molecule has 21 heavy (non-hydrogen) atoms. The van der Waals surface area contributed by atoms with Crippen LogP contribution in [-0.2, 0) is 0 Å². The Hall–Kier alpha value is -2.49. The standard InChI is InChI=1S/C9H6O6.3CH5N/c10-7(11)4-1-2-5(8(12)13)6(3-4)9(14)15;3*1-2/h1-3H,(H,10,11)(H,12,13)(H,14,15);3*2H2,1H3. The number of rotatable bonds is 3. The summed E-state index contributed by atoms with van der Waals surface area (Å²) in [6.45, 7) is 0. The van der Waals surface area contributed by atoms with E-state index in [1.807, 2.05) is 0 Å². The predicted molar refractivity (Wildman–Crippen MR) is 77.7 cm³/mol. The van der Waals surface area contributed by atoms with Crippen LogP contribution in [0.15, 0.2) is 18.2 Å². The normalized spacial score (nSPS) is 7.71. The molecule has 0 aromatic heterocycles. The van der Waals surface area contributed by atoms with Crippen LogP contribution in [0.1, 0.15) is 31.1 Å². The molecule has 1 rings (SSSR count). The Bertz CT molecular complexity index is 462. The van der Waals surface area contributed by atoms with E-state index in [1.165, 1.54) is 21.1 Å². The molecule has 9 N–H and O–H groups in total. The number of carbonyl (C=O) groups is 3. The highest BCUT2D eigenvalue weighted by molar-refractivity contribution is 6.03. The summed E-state index contributed by atoms with van der Waals surface area (Å²) in [6.07, 6.45) is 0. The Balaban J connectivity index is -0.000000478. The zero-order chi connectivity index (χ0) is 17.6. The molecule has 9 nitrogen and oxygen atoms in total. The minimum atomic E-state index is -1.48. The van der Waals surface area contributed by atoms with Crippen LogP contribution in [-0.4, -0.2) is 54.4 Å². The van der Waals surface area contributed by atoms with Crippen molar-refractivity contribution in [1.82, 2.24) is 0 Å². The van der Waals surface area contributed by atoms with E-state index in [9.17, 15) is 14.4 Å². The van der Waals surface area contributed by atoms with Crippen LogP contribution in [0.25, 0.3) is 0 Å². The number of aromatic carboxylic acids is 3. The summed E-state index contributed by atoms with van der Waals surface area (Å²) in [4.78, 5) is 31.8. The monoisotopic (exact) mass is 303 g/mol.